The second-order valence-corrected chi connectivity index (χ2v) is 6.65. The summed E-state index contributed by atoms with van der Waals surface area (Å²) in [7, 11) is -4.09. The van der Waals surface area contributed by atoms with Crippen LogP contribution in [0.4, 0.5) is 5.69 Å². The molecule has 1 rings (SSSR count). The van der Waals surface area contributed by atoms with Crippen LogP contribution in [0.3, 0.4) is 0 Å². The molecule has 21 heavy (non-hydrogen) atoms. The summed E-state index contributed by atoms with van der Waals surface area (Å²) in [6, 6.07) is 1.67. The predicted molar refractivity (Wildman–Crippen MR) is 77.4 cm³/mol. The van der Waals surface area contributed by atoms with E-state index >= 15 is 0 Å². The van der Waals surface area contributed by atoms with Crippen molar-refractivity contribution in [2.24, 2.45) is 5.73 Å². The van der Waals surface area contributed by atoms with Gasteiger partial charge >= 0.3 is 0 Å². The van der Waals surface area contributed by atoms with Crippen molar-refractivity contribution >= 4 is 15.7 Å². The quantitative estimate of drug-likeness (QED) is 0.506. The number of nitro groups is 1. The second kappa shape index (κ2) is 6.48. The van der Waals surface area contributed by atoms with Gasteiger partial charge in [-0.1, -0.05) is 0 Å². The summed E-state index contributed by atoms with van der Waals surface area (Å²) in [5.74, 6) is 0. The minimum absolute atomic E-state index is 0.218. The number of aryl methyl sites for hydroxylation is 2. The van der Waals surface area contributed by atoms with E-state index in [-0.39, 0.29) is 6.54 Å². The molecule has 0 radical (unpaired) electrons. The number of hydrogen-bond donors (Lipinski definition) is 3. The number of nitrogens with two attached hydrogens (primary N) is 1. The van der Waals surface area contributed by atoms with Gasteiger partial charge in [0.1, 0.15) is 0 Å². The van der Waals surface area contributed by atoms with E-state index in [0.717, 1.165) is 0 Å². The van der Waals surface area contributed by atoms with E-state index in [1.165, 1.54) is 19.1 Å². The number of rotatable bonds is 6. The van der Waals surface area contributed by atoms with E-state index in [4.69, 9.17) is 5.73 Å². The van der Waals surface area contributed by atoms with Gasteiger partial charge in [-0.3, -0.25) is 10.1 Å². The highest BCUT2D eigenvalue weighted by molar-refractivity contribution is 7.89. The minimum Gasteiger partial charge on any atom is -0.392 e. The SMILES string of the molecule is Cc1cc([N+](=O)[O-])c(S(=O)(=O)NCC(N)C(C)O)cc1C. The molecule has 0 amide bonds. The van der Waals surface area contributed by atoms with Crippen molar-refractivity contribution in [3.63, 3.8) is 0 Å². The summed E-state index contributed by atoms with van der Waals surface area (Å²) < 4.78 is 26.6. The molecule has 0 aliphatic heterocycles. The predicted octanol–water partition coefficient (Wildman–Crippen LogP) is 0.198. The molecular weight excluding hydrogens is 298 g/mol. The van der Waals surface area contributed by atoms with E-state index in [0.29, 0.717) is 11.1 Å². The Bertz CT molecular complexity index is 643. The normalized spacial score (nSPS) is 14.7. The van der Waals surface area contributed by atoms with Gasteiger partial charge in [0.15, 0.2) is 4.90 Å². The average molecular weight is 317 g/mol. The van der Waals surface area contributed by atoms with Gasteiger partial charge in [-0.25, -0.2) is 13.1 Å². The maximum absolute atomic E-state index is 12.2. The third kappa shape index (κ3) is 4.21. The summed E-state index contributed by atoms with van der Waals surface area (Å²) in [6.45, 7) is 4.54. The van der Waals surface area contributed by atoms with Crippen LogP contribution in [0.5, 0.6) is 0 Å². The van der Waals surface area contributed by atoms with Gasteiger partial charge in [-0.2, -0.15) is 0 Å². The summed E-state index contributed by atoms with van der Waals surface area (Å²) in [5.41, 5.74) is 6.31. The molecule has 0 aromatic heterocycles. The summed E-state index contributed by atoms with van der Waals surface area (Å²) in [5, 5.41) is 20.3. The Morgan fingerprint density at radius 1 is 1.38 bits per heavy atom. The van der Waals surface area contributed by atoms with Gasteiger partial charge in [0, 0.05) is 18.7 Å². The Labute approximate surface area is 123 Å². The zero-order valence-electron chi connectivity index (χ0n) is 12.0. The van der Waals surface area contributed by atoms with Gasteiger partial charge in [0.25, 0.3) is 5.69 Å². The van der Waals surface area contributed by atoms with Gasteiger partial charge in [-0.15, -0.1) is 0 Å². The van der Waals surface area contributed by atoms with Crippen LogP contribution in [0.1, 0.15) is 18.1 Å². The van der Waals surface area contributed by atoms with Crippen molar-refractivity contribution in [1.82, 2.24) is 4.72 Å². The summed E-state index contributed by atoms with van der Waals surface area (Å²) >= 11 is 0. The molecule has 2 atom stereocenters. The first-order valence-electron chi connectivity index (χ1n) is 6.25. The molecule has 0 saturated heterocycles. The van der Waals surface area contributed by atoms with E-state index in [2.05, 4.69) is 4.72 Å². The van der Waals surface area contributed by atoms with Crippen LogP contribution >= 0.6 is 0 Å². The zero-order valence-corrected chi connectivity index (χ0v) is 12.8. The second-order valence-electron chi connectivity index (χ2n) is 4.92. The Morgan fingerprint density at radius 3 is 2.38 bits per heavy atom. The van der Waals surface area contributed by atoms with Gasteiger partial charge in [0.05, 0.1) is 11.0 Å². The van der Waals surface area contributed by atoms with Crippen molar-refractivity contribution in [1.29, 1.82) is 0 Å². The molecule has 0 aliphatic carbocycles. The number of nitrogens with zero attached hydrogens (tertiary/aromatic N) is 1. The first kappa shape index (κ1) is 17.5. The van der Waals surface area contributed by atoms with Crippen molar-refractivity contribution in [3.8, 4) is 0 Å². The molecular formula is C12H19N3O5S. The van der Waals surface area contributed by atoms with Crippen LogP contribution in [0.2, 0.25) is 0 Å². The number of aliphatic hydroxyl groups excluding tert-OH is 1. The summed E-state index contributed by atoms with van der Waals surface area (Å²) in [4.78, 5) is 9.88. The lowest BCUT2D eigenvalue weighted by Gasteiger charge is -2.16. The highest BCUT2D eigenvalue weighted by atomic mass is 32.2. The van der Waals surface area contributed by atoms with E-state index in [1.54, 1.807) is 13.8 Å². The van der Waals surface area contributed by atoms with Crippen LogP contribution in [-0.4, -0.2) is 37.1 Å². The number of nitro benzene ring substituents is 1. The fourth-order valence-electron chi connectivity index (χ4n) is 1.59. The molecule has 9 heteroatoms. The molecule has 118 valence electrons. The van der Waals surface area contributed by atoms with Crippen molar-refractivity contribution in [2.75, 3.05) is 6.54 Å². The fourth-order valence-corrected chi connectivity index (χ4v) is 2.89. The molecule has 2 unspecified atom stereocenters. The van der Waals surface area contributed by atoms with Gasteiger partial charge in [-0.05, 0) is 38.0 Å². The summed E-state index contributed by atoms with van der Waals surface area (Å²) in [6.07, 6.45) is -0.901. The zero-order chi connectivity index (χ0) is 16.4. The largest absolute Gasteiger partial charge is 0.392 e. The molecule has 0 heterocycles. The number of benzene rings is 1. The maximum Gasteiger partial charge on any atom is 0.289 e. The van der Waals surface area contributed by atoms with E-state index in [1.807, 2.05) is 0 Å². The van der Waals surface area contributed by atoms with E-state index in [9.17, 15) is 23.6 Å². The smallest absolute Gasteiger partial charge is 0.289 e. The molecule has 0 bridgehead atoms. The number of hydrogen-bond acceptors (Lipinski definition) is 6. The lowest BCUT2D eigenvalue weighted by molar-refractivity contribution is -0.387. The number of aliphatic hydroxyl groups is 1. The number of nitrogens with one attached hydrogen (secondary N) is 1. The Kier molecular flexibility index (Phi) is 5.40. The molecule has 1 aromatic carbocycles. The fraction of sp³-hybridized carbons (Fsp3) is 0.500. The first-order chi connectivity index (χ1) is 9.56. The van der Waals surface area contributed by atoms with Crippen LogP contribution in [0, 0.1) is 24.0 Å². The lowest BCUT2D eigenvalue weighted by Crippen LogP contribution is -2.43. The van der Waals surface area contributed by atoms with Crippen LogP contribution in [-0.2, 0) is 10.0 Å². The average Bonchev–Trinajstić information content (AvgIpc) is 2.38. The monoisotopic (exact) mass is 317 g/mol. The highest BCUT2D eigenvalue weighted by Crippen LogP contribution is 2.27. The Morgan fingerprint density at radius 2 is 1.90 bits per heavy atom. The van der Waals surface area contributed by atoms with Crippen LogP contribution in [0.15, 0.2) is 17.0 Å². The third-order valence-corrected chi connectivity index (χ3v) is 4.64. The maximum atomic E-state index is 12.2. The van der Waals surface area contributed by atoms with Gasteiger partial charge in [0.2, 0.25) is 10.0 Å². The van der Waals surface area contributed by atoms with Crippen molar-refractivity contribution in [2.45, 2.75) is 37.8 Å². The molecule has 4 N–H and O–H groups in total. The van der Waals surface area contributed by atoms with Crippen molar-refractivity contribution in [3.05, 3.63) is 33.4 Å². The molecule has 0 fully saturated rings. The molecule has 1 aromatic rings. The molecule has 0 saturated carbocycles. The first-order valence-corrected chi connectivity index (χ1v) is 7.73. The van der Waals surface area contributed by atoms with Gasteiger partial charge < -0.3 is 10.8 Å². The Hall–Kier alpha value is -1.55. The minimum atomic E-state index is -4.09. The van der Waals surface area contributed by atoms with E-state index < -0.39 is 37.7 Å². The molecule has 8 nitrogen and oxygen atoms in total. The van der Waals surface area contributed by atoms with Crippen LogP contribution < -0.4 is 10.5 Å². The standard InChI is InChI=1S/C12H19N3O5S/c1-7-4-11(15(17)18)12(5-8(7)2)21(19,20)14-6-10(13)9(3)16/h4-5,9-10,14,16H,6,13H2,1-3H3. The molecule has 0 aliphatic rings. The van der Waals surface area contributed by atoms with Crippen LogP contribution in [0.25, 0.3) is 0 Å². The third-order valence-electron chi connectivity index (χ3n) is 3.19. The lowest BCUT2D eigenvalue weighted by atomic mass is 10.1. The molecule has 0 spiro atoms. The Balaban J connectivity index is 3.19. The van der Waals surface area contributed by atoms with Crippen molar-refractivity contribution < 1.29 is 18.4 Å². The number of sulfonamides is 1. The highest BCUT2D eigenvalue weighted by Gasteiger charge is 2.27. The topological polar surface area (TPSA) is 136 Å².